The third kappa shape index (κ3) is 3.78. The van der Waals surface area contributed by atoms with E-state index in [0.29, 0.717) is 29.8 Å². The van der Waals surface area contributed by atoms with E-state index < -0.39 is 6.61 Å². The van der Waals surface area contributed by atoms with Gasteiger partial charge in [0.25, 0.3) is 5.78 Å². The molecule has 1 aromatic carbocycles. The predicted molar refractivity (Wildman–Crippen MR) is 104 cm³/mol. The molecule has 0 unspecified atom stereocenters. The van der Waals surface area contributed by atoms with E-state index in [9.17, 15) is 8.78 Å². The van der Waals surface area contributed by atoms with Crippen molar-refractivity contribution in [2.24, 2.45) is 5.92 Å². The van der Waals surface area contributed by atoms with Gasteiger partial charge in [0.2, 0.25) is 0 Å². The van der Waals surface area contributed by atoms with Gasteiger partial charge < -0.3 is 9.47 Å². The molecule has 3 heterocycles. The summed E-state index contributed by atoms with van der Waals surface area (Å²) >= 11 is 0. The van der Waals surface area contributed by atoms with Crippen molar-refractivity contribution in [3.63, 3.8) is 0 Å². The highest BCUT2D eigenvalue weighted by Gasteiger charge is 2.23. The molecule has 0 radical (unpaired) electrons. The quantitative estimate of drug-likeness (QED) is 0.454. The molecule has 0 bridgehead atoms. The molecule has 0 aliphatic heterocycles. The molecule has 0 atom stereocenters. The standard InChI is InChI=1S/C21H17F2N5O2/c22-20(23)30-17-6-5-14(10-18(17)29-12-13-3-4-13)16-7-9-25-21-26-19(27-28(16)21)15-2-1-8-24-11-15/h1-2,5-11,13,20H,3-4,12H2. The molecule has 7 nitrogen and oxygen atoms in total. The van der Waals surface area contributed by atoms with Gasteiger partial charge >= 0.3 is 6.61 Å². The fourth-order valence-corrected chi connectivity index (χ4v) is 3.10. The van der Waals surface area contributed by atoms with E-state index in [1.807, 2.05) is 6.07 Å². The highest BCUT2D eigenvalue weighted by Crippen LogP contribution is 2.36. The molecule has 0 amide bonds. The zero-order chi connectivity index (χ0) is 20.5. The van der Waals surface area contributed by atoms with Crippen LogP contribution < -0.4 is 9.47 Å². The van der Waals surface area contributed by atoms with Crippen LogP contribution in [0.4, 0.5) is 8.78 Å². The predicted octanol–water partition coefficient (Wildman–Crippen LogP) is 4.24. The number of hydrogen-bond donors (Lipinski definition) is 0. The van der Waals surface area contributed by atoms with Crippen LogP contribution in [0.5, 0.6) is 11.5 Å². The first-order valence-electron chi connectivity index (χ1n) is 9.51. The van der Waals surface area contributed by atoms with Gasteiger partial charge in [-0.05, 0) is 55.2 Å². The Morgan fingerprint density at radius 2 is 1.97 bits per heavy atom. The Kier molecular flexibility index (Phi) is 4.70. The average Bonchev–Trinajstić information content (AvgIpc) is 3.48. The number of aromatic nitrogens is 5. The summed E-state index contributed by atoms with van der Waals surface area (Å²) in [6, 6.07) is 10.3. The van der Waals surface area contributed by atoms with E-state index in [4.69, 9.17) is 4.74 Å². The number of ether oxygens (including phenoxy) is 2. The van der Waals surface area contributed by atoms with Crippen molar-refractivity contribution in [3.8, 4) is 34.1 Å². The van der Waals surface area contributed by atoms with Crippen molar-refractivity contribution in [3.05, 3.63) is 55.0 Å². The molecule has 1 saturated carbocycles. The molecule has 30 heavy (non-hydrogen) atoms. The minimum Gasteiger partial charge on any atom is -0.489 e. The highest BCUT2D eigenvalue weighted by molar-refractivity contribution is 5.66. The maximum Gasteiger partial charge on any atom is 0.387 e. The summed E-state index contributed by atoms with van der Waals surface area (Å²) in [5.74, 6) is 1.66. The van der Waals surface area contributed by atoms with Crippen molar-refractivity contribution in [1.82, 2.24) is 24.6 Å². The van der Waals surface area contributed by atoms with Gasteiger partial charge in [0.05, 0.1) is 12.3 Å². The van der Waals surface area contributed by atoms with Crippen LogP contribution >= 0.6 is 0 Å². The topological polar surface area (TPSA) is 74.4 Å². The van der Waals surface area contributed by atoms with E-state index in [-0.39, 0.29) is 11.5 Å². The van der Waals surface area contributed by atoms with E-state index in [1.54, 1.807) is 47.4 Å². The summed E-state index contributed by atoms with van der Waals surface area (Å²) in [7, 11) is 0. The maximum absolute atomic E-state index is 12.8. The Labute approximate surface area is 170 Å². The number of nitrogens with zero attached hydrogens (tertiary/aromatic N) is 5. The number of halogens is 2. The van der Waals surface area contributed by atoms with Crippen molar-refractivity contribution in [2.45, 2.75) is 19.5 Å². The first-order valence-corrected chi connectivity index (χ1v) is 9.51. The zero-order valence-corrected chi connectivity index (χ0v) is 15.8. The van der Waals surface area contributed by atoms with Gasteiger partial charge in [0.1, 0.15) is 0 Å². The van der Waals surface area contributed by atoms with Crippen molar-refractivity contribution in [2.75, 3.05) is 6.61 Å². The first kappa shape index (κ1) is 18.4. The Morgan fingerprint density at radius 3 is 2.73 bits per heavy atom. The van der Waals surface area contributed by atoms with Crippen LogP contribution in [0.1, 0.15) is 12.8 Å². The number of fused-ring (bicyclic) bond motifs is 1. The van der Waals surface area contributed by atoms with Crippen LogP contribution in [0.15, 0.2) is 55.0 Å². The van der Waals surface area contributed by atoms with Gasteiger partial charge in [-0.15, -0.1) is 5.10 Å². The third-order valence-electron chi connectivity index (χ3n) is 4.79. The molecular weight excluding hydrogens is 392 g/mol. The van der Waals surface area contributed by atoms with E-state index in [1.165, 1.54) is 6.07 Å². The van der Waals surface area contributed by atoms with Crippen LogP contribution in [0.25, 0.3) is 28.4 Å². The SMILES string of the molecule is FC(F)Oc1ccc(-c2ccnc3nc(-c4cccnc4)nn23)cc1OCC1CC1. The van der Waals surface area contributed by atoms with Crippen molar-refractivity contribution < 1.29 is 18.3 Å². The summed E-state index contributed by atoms with van der Waals surface area (Å²) in [4.78, 5) is 12.8. The minimum absolute atomic E-state index is 0.00865. The first-order chi connectivity index (χ1) is 14.7. The molecule has 1 aliphatic rings. The van der Waals surface area contributed by atoms with E-state index in [0.717, 1.165) is 24.0 Å². The van der Waals surface area contributed by atoms with Gasteiger partial charge in [-0.1, -0.05) is 0 Å². The molecule has 9 heteroatoms. The maximum atomic E-state index is 12.8. The molecule has 5 rings (SSSR count). The number of benzene rings is 1. The second-order valence-electron chi connectivity index (χ2n) is 7.01. The summed E-state index contributed by atoms with van der Waals surface area (Å²) in [6.45, 7) is -2.45. The number of hydrogen-bond acceptors (Lipinski definition) is 6. The summed E-state index contributed by atoms with van der Waals surface area (Å²) < 4.78 is 37.6. The average molecular weight is 409 g/mol. The van der Waals surface area contributed by atoms with Crippen LogP contribution in [-0.4, -0.2) is 37.8 Å². The lowest BCUT2D eigenvalue weighted by Gasteiger charge is -2.14. The summed E-state index contributed by atoms with van der Waals surface area (Å²) in [6.07, 6.45) is 7.15. The second-order valence-corrected chi connectivity index (χ2v) is 7.01. The lowest BCUT2D eigenvalue weighted by Crippen LogP contribution is -2.06. The van der Waals surface area contributed by atoms with Crippen LogP contribution in [0, 0.1) is 5.92 Å². The molecular formula is C21H17F2N5O2. The Bertz CT molecular complexity index is 1180. The number of rotatable bonds is 7. The zero-order valence-electron chi connectivity index (χ0n) is 15.8. The van der Waals surface area contributed by atoms with E-state index in [2.05, 4.69) is 24.8 Å². The third-order valence-corrected chi connectivity index (χ3v) is 4.79. The normalized spacial score (nSPS) is 13.7. The summed E-state index contributed by atoms with van der Waals surface area (Å²) in [5, 5.41) is 4.55. The van der Waals surface area contributed by atoms with Crippen LogP contribution in [0.3, 0.4) is 0 Å². The van der Waals surface area contributed by atoms with Gasteiger partial charge in [-0.25, -0.2) is 4.98 Å². The molecule has 152 valence electrons. The van der Waals surface area contributed by atoms with Crippen LogP contribution in [-0.2, 0) is 0 Å². The Balaban J connectivity index is 1.55. The molecule has 1 aliphatic carbocycles. The molecule has 0 spiro atoms. The minimum atomic E-state index is -2.93. The lowest BCUT2D eigenvalue weighted by molar-refractivity contribution is -0.0515. The Morgan fingerprint density at radius 1 is 1.07 bits per heavy atom. The molecule has 0 N–H and O–H groups in total. The highest BCUT2D eigenvalue weighted by atomic mass is 19.3. The van der Waals surface area contributed by atoms with Crippen molar-refractivity contribution in [1.29, 1.82) is 0 Å². The molecule has 1 fully saturated rings. The van der Waals surface area contributed by atoms with Crippen LogP contribution in [0.2, 0.25) is 0 Å². The number of pyridine rings is 1. The fourth-order valence-electron chi connectivity index (χ4n) is 3.10. The van der Waals surface area contributed by atoms with Gasteiger partial charge in [-0.3, -0.25) is 4.98 Å². The molecule has 4 aromatic rings. The van der Waals surface area contributed by atoms with Gasteiger partial charge in [-0.2, -0.15) is 18.3 Å². The fraction of sp³-hybridized carbons (Fsp3) is 0.238. The molecule has 0 saturated heterocycles. The lowest BCUT2D eigenvalue weighted by atomic mass is 10.1. The van der Waals surface area contributed by atoms with Crippen molar-refractivity contribution >= 4 is 5.78 Å². The monoisotopic (exact) mass is 409 g/mol. The van der Waals surface area contributed by atoms with Gasteiger partial charge in [0, 0.05) is 29.7 Å². The molecule has 3 aromatic heterocycles. The second kappa shape index (κ2) is 7.66. The summed E-state index contributed by atoms with van der Waals surface area (Å²) in [5.41, 5.74) is 2.18. The largest absolute Gasteiger partial charge is 0.489 e. The smallest absolute Gasteiger partial charge is 0.387 e. The van der Waals surface area contributed by atoms with Gasteiger partial charge in [0.15, 0.2) is 17.3 Å². The number of alkyl halides is 2. The Hall–Kier alpha value is -3.62. The van der Waals surface area contributed by atoms with E-state index >= 15 is 0 Å².